The molecule has 1 heterocycles. The minimum atomic E-state index is -0.522. The summed E-state index contributed by atoms with van der Waals surface area (Å²) in [6, 6.07) is 10.8. The van der Waals surface area contributed by atoms with Crippen molar-refractivity contribution in [2.45, 2.75) is 26.9 Å². The number of imidazole rings is 1. The largest absolute Gasteiger partial charge is 0.489 e. The summed E-state index contributed by atoms with van der Waals surface area (Å²) < 4.78 is 7.82. The minimum Gasteiger partial charge on any atom is -0.489 e. The number of nitrogens with zero attached hydrogens (tertiary/aromatic N) is 2. The van der Waals surface area contributed by atoms with Crippen LogP contribution in [0.15, 0.2) is 36.4 Å². The molecular formula is C20H23N5O2S. The van der Waals surface area contributed by atoms with Gasteiger partial charge < -0.3 is 25.7 Å². The summed E-state index contributed by atoms with van der Waals surface area (Å²) >= 11 is 5.47. The fourth-order valence-corrected chi connectivity index (χ4v) is 3.06. The smallest absolute Gasteiger partial charge is 0.248 e. The third-order valence-electron chi connectivity index (χ3n) is 4.26. The SMILES string of the molecule is Cc1nc2c(NC(=S)Nc3cc(C(N)=O)ccc3OC(C)C)cccc2n1C. The summed E-state index contributed by atoms with van der Waals surface area (Å²) in [5, 5.41) is 6.63. The van der Waals surface area contributed by atoms with Crippen LogP contribution in [0, 0.1) is 6.92 Å². The van der Waals surface area contributed by atoms with Crippen molar-refractivity contribution < 1.29 is 9.53 Å². The average Bonchev–Trinajstić information content (AvgIpc) is 2.91. The first-order valence-electron chi connectivity index (χ1n) is 8.87. The van der Waals surface area contributed by atoms with Crippen molar-refractivity contribution >= 4 is 45.6 Å². The maximum absolute atomic E-state index is 11.5. The number of para-hydroxylation sites is 1. The highest BCUT2D eigenvalue weighted by Gasteiger charge is 2.13. The molecule has 3 aromatic rings. The van der Waals surface area contributed by atoms with Gasteiger partial charge in [0.15, 0.2) is 5.11 Å². The Hall–Kier alpha value is -3.13. The Kier molecular flexibility index (Phi) is 5.51. The molecule has 0 fully saturated rings. The molecule has 0 aliphatic carbocycles. The molecule has 8 heteroatoms. The van der Waals surface area contributed by atoms with Crippen LogP contribution in [0.25, 0.3) is 11.0 Å². The fraction of sp³-hybridized carbons (Fsp3) is 0.250. The second-order valence-electron chi connectivity index (χ2n) is 6.71. The van der Waals surface area contributed by atoms with Gasteiger partial charge in [-0.3, -0.25) is 4.79 Å². The first kappa shape index (κ1) is 19.6. The number of aromatic nitrogens is 2. The van der Waals surface area contributed by atoms with Crippen LogP contribution in [-0.2, 0) is 7.05 Å². The van der Waals surface area contributed by atoms with Crippen LogP contribution in [0.5, 0.6) is 5.75 Å². The lowest BCUT2D eigenvalue weighted by atomic mass is 10.1. The highest BCUT2D eigenvalue weighted by Crippen LogP contribution is 2.28. The van der Waals surface area contributed by atoms with Gasteiger partial charge in [0, 0.05) is 12.6 Å². The molecule has 1 aromatic heterocycles. The summed E-state index contributed by atoms with van der Waals surface area (Å²) in [6.45, 7) is 5.80. The molecule has 7 nitrogen and oxygen atoms in total. The Labute approximate surface area is 168 Å². The number of anilines is 2. The Morgan fingerprint density at radius 1 is 1.21 bits per heavy atom. The molecule has 0 aliphatic rings. The molecule has 0 saturated heterocycles. The van der Waals surface area contributed by atoms with Gasteiger partial charge in [0.2, 0.25) is 5.91 Å². The van der Waals surface area contributed by atoms with Crippen LogP contribution < -0.4 is 21.1 Å². The molecule has 0 atom stereocenters. The summed E-state index contributed by atoms with van der Waals surface area (Å²) in [5.74, 6) is 0.965. The van der Waals surface area contributed by atoms with Gasteiger partial charge >= 0.3 is 0 Å². The van der Waals surface area contributed by atoms with Crippen LogP contribution in [0.3, 0.4) is 0 Å². The number of thiocarbonyl (C=S) groups is 1. The molecule has 3 rings (SSSR count). The van der Waals surface area contributed by atoms with Crippen molar-refractivity contribution in [3.05, 3.63) is 47.8 Å². The topological polar surface area (TPSA) is 94.2 Å². The molecule has 2 aromatic carbocycles. The van der Waals surface area contributed by atoms with Gasteiger partial charge in [0.1, 0.15) is 17.1 Å². The number of carbonyl (C=O) groups excluding carboxylic acids is 1. The highest BCUT2D eigenvalue weighted by atomic mass is 32.1. The third-order valence-corrected chi connectivity index (χ3v) is 4.46. The monoisotopic (exact) mass is 397 g/mol. The van der Waals surface area contributed by atoms with Crippen molar-refractivity contribution in [1.29, 1.82) is 0 Å². The summed E-state index contributed by atoms with van der Waals surface area (Å²) in [5.41, 5.74) is 8.95. The molecule has 0 unspecified atom stereocenters. The van der Waals surface area contributed by atoms with Crippen LogP contribution in [0.1, 0.15) is 30.0 Å². The van der Waals surface area contributed by atoms with Crippen molar-refractivity contribution in [1.82, 2.24) is 9.55 Å². The predicted octanol–water partition coefficient (Wildman–Crippen LogP) is 3.58. The van der Waals surface area contributed by atoms with Crippen molar-refractivity contribution in [2.75, 3.05) is 10.6 Å². The van der Waals surface area contributed by atoms with E-state index in [1.807, 2.05) is 50.6 Å². The zero-order valence-electron chi connectivity index (χ0n) is 16.2. The quantitative estimate of drug-likeness (QED) is 0.570. The van der Waals surface area contributed by atoms with Crippen LogP contribution >= 0.6 is 12.2 Å². The van der Waals surface area contributed by atoms with E-state index in [0.29, 0.717) is 22.1 Å². The first-order valence-corrected chi connectivity index (χ1v) is 9.27. The number of hydrogen-bond donors (Lipinski definition) is 3. The molecule has 1 amide bonds. The van der Waals surface area contributed by atoms with Gasteiger partial charge in [0.25, 0.3) is 0 Å². The number of rotatable bonds is 5. The molecule has 0 saturated carbocycles. The standard InChI is InChI=1S/C20H23N5O2S/c1-11(2)27-17-9-8-13(19(21)26)10-15(17)24-20(28)23-14-6-5-7-16-18(14)22-12(3)25(16)4/h5-11H,1-4H3,(H2,21,26)(H2,23,24,28). The zero-order chi connectivity index (χ0) is 20.4. The second-order valence-corrected chi connectivity index (χ2v) is 7.12. The second kappa shape index (κ2) is 7.85. The van der Waals surface area contributed by atoms with E-state index < -0.39 is 5.91 Å². The summed E-state index contributed by atoms with van der Waals surface area (Å²) in [6.07, 6.45) is -0.0354. The highest BCUT2D eigenvalue weighted by molar-refractivity contribution is 7.80. The molecule has 0 spiro atoms. The molecule has 28 heavy (non-hydrogen) atoms. The lowest BCUT2D eigenvalue weighted by molar-refractivity contribution is 0.100. The predicted molar refractivity (Wildman–Crippen MR) is 116 cm³/mol. The fourth-order valence-electron chi connectivity index (χ4n) is 2.84. The lowest BCUT2D eigenvalue weighted by Gasteiger charge is -2.17. The number of amides is 1. The number of hydrogen-bond acceptors (Lipinski definition) is 4. The van der Waals surface area contributed by atoms with Gasteiger partial charge in [-0.05, 0) is 63.3 Å². The molecule has 0 radical (unpaired) electrons. The number of carbonyl (C=O) groups is 1. The Bertz CT molecular complexity index is 1060. The van der Waals surface area contributed by atoms with E-state index in [9.17, 15) is 4.79 Å². The Morgan fingerprint density at radius 3 is 2.61 bits per heavy atom. The Balaban J connectivity index is 1.88. The summed E-state index contributed by atoms with van der Waals surface area (Å²) in [4.78, 5) is 16.1. The van der Waals surface area contributed by atoms with E-state index >= 15 is 0 Å². The van der Waals surface area contributed by atoms with E-state index in [1.54, 1.807) is 18.2 Å². The third kappa shape index (κ3) is 4.07. The minimum absolute atomic E-state index is 0.0354. The number of primary amides is 1. The first-order chi connectivity index (χ1) is 13.3. The van der Waals surface area contributed by atoms with Crippen molar-refractivity contribution in [3.63, 3.8) is 0 Å². The summed E-state index contributed by atoms with van der Waals surface area (Å²) in [7, 11) is 1.97. The van der Waals surface area contributed by atoms with E-state index in [4.69, 9.17) is 22.7 Å². The number of nitrogens with two attached hydrogens (primary N) is 1. The number of benzene rings is 2. The molecule has 0 bridgehead atoms. The van der Waals surface area contributed by atoms with E-state index in [-0.39, 0.29) is 6.10 Å². The maximum atomic E-state index is 11.5. The van der Waals surface area contributed by atoms with E-state index in [1.165, 1.54) is 0 Å². The Morgan fingerprint density at radius 2 is 1.93 bits per heavy atom. The number of nitrogens with one attached hydrogen (secondary N) is 2. The van der Waals surface area contributed by atoms with Crippen LogP contribution in [0.2, 0.25) is 0 Å². The molecular weight excluding hydrogens is 374 g/mol. The normalized spacial score (nSPS) is 10.9. The van der Waals surface area contributed by atoms with E-state index in [2.05, 4.69) is 15.6 Å². The van der Waals surface area contributed by atoms with Gasteiger partial charge in [-0.1, -0.05) is 6.07 Å². The zero-order valence-corrected chi connectivity index (χ0v) is 17.1. The number of aryl methyl sites for hydroxylation is 2. The lowest BCUT2D eigenvalue weighted by Crippen LogP contribution is -2.21. The van der Waals surface area contributed by atoms with Gasteiger partial charge in [0.05, 0.1) is 23.0 Å². The van der Waals surface area contributed by atoms with Gasteiger partial charge in [-0.15, -0.1) is 0 Å². The van der Waals surface area contributed by atoms with Crippen LogP contribution in [0.4, 0.5) is 11.4 Å². The molecule has 4 N–H and O–H groups in total. The molecule has 146 valence electrons. The van der Waals surface area contributed by atoms with Gasteiger partial charge in [-0.2, -0.15) is 0 Å². The number of fused-ring (bicyclic) bond motifs is 1. The maximum Gasteiger partial charge on any atom is 0.248 e. The van der Waals surface area contributed by atoms with Crippen molar-refractivity contribution in [2.24, 2.45) is 12.8 Å². The van der Waals surface area contributed by atoms with Crippen LogP contribution in [-0.4, -0.2) is 26.7 Å². The molecule has 0 aliphatic heterocycles. The van der Waals surface area contributed by atoms with Crippen molar-refractivity contribution in [3.8, 4) is 5.75 Å². The van der Waals surface area contributed by atoms with Gasteiger partial charge in [-0.25, -0.2) is 4.98 Å². The average molecular weight is 398 g/mol. The number of ether oxygens (including phenoxy) is 1. The van der Waals surface area contributed by atoms with E-state index in [0.717, 1.165) is 22.5 Å².